The molecule has 1 aliphatic carbocycles. The lowest BCUT2D eigenvalue weighted by Gasteiger charge is -2.40. The molecule has 0 radical (unpaired) electrons. The van der Waals surface area contributed by atoms with Gasteiger partial charge < -0.3 is 24.4 Å². The minimum absolute atomic E-state index is 0.0374. The summed E-state index contributed by atoms with van der Waals surface area (Å²) < 4.78 is 11.9. The van der Waals surface area contributed by atoms with Crippen LogP contribution in [0.1, 0.15) is 58.8 Å². The third kappa shape index (κ3) is 3.37. The highest BCUT2D eigenvalue weighted by molar-refractivity contribution is 5.98. The molecule has 3 heterocycles. The normalized spacial score (nSPS) is 36.3. The van der Waals surface area contributed by atoms with Crippen LogP contribution in [0.5, 0.6) is 0 Å². The maximum Gasteiger partial charge on any atom is 0.312 e. The fourth-order valence-corrected chi connectivity index (χ4v) is 6.75. The van der Waals surface area contributed by atoms with E-state index in [9.17, 15) is 19.5 Å². The quantitative estimate of drug-likeness (QED) is 0.448. The lowest BCUT2D eigenvalue weighted by atomic mass is 9.66. The van der Waals surface area contributed by atoms with Crippen LogP contribution in [-0.4, -0.2) is 82.3 Å². The number of hydrogen-bond acceptors (Lipinski definition) is 6. The summed E-state index contributed by atoms with van der Waals surface area (Å²) in [6.45, 7) is 7.84. The molecule has 2 amide bonds. The summed E-state index contributed by atoms with van der Waals surface area (Å²) in [6.07, 6.45) is 8.01. The van der Waals surface area contributed by atoms with E-state index in [1.54, 1.807) is 13.0 Å². The van der Waals surface area contributed by atoms with E-state index in [-0.39, 0.29) is 37.6 Å². The topological polar surface area (TPSA) is 96.4 Å². The number of aliphatic hydroxyl groups excluding tert-OH is 1. The molecule has 32 heavy (non-hydrogen) atoms. The number of hydrogen-bond donors (Lipinski definition) is 1. The summed E-state index contributed by atoms with van der Waals surface area (Å²) in [5, 5.41) is 9.71. The van der Waals surface area contributed by atoms with Crippen LogP contribution in [0, 0.1) is 11.8 Å². The number of carbonyl (C=O) groups is 3. The molecule has 2 bridgehead atoms. The average Bonchev–Trinajstić information content (AvgIpc) is 3.34. The number of aliphatic hydroxyl groups is 1. The van der Waals surface area contributed by atoms with Gasteiger partial charge in [0.25, 0.3) is 0 Å². The molecule has 3 aliphatic heterocycles. The number of rotatable bonds is 8. The molecule has 1 spiro atoms. The van der Waals surface area contributed by atoms with E-state index in [0.717, 1.165) is 25.7 Å². The van der Waals surface area contributed by atoms with Gasteiger partial charge in [0.05, 0.1) is 24.7 Å². The SMILES string of the molecule is C=CCN(C(=O)C1N(CCO)C(=O)[C@@H]2[C@H](C(=O)OCC)[C@]3(C)CCC12O3)C1CCCCC1. The van der Waals surface area contributed by atoms with Crippen molar-refractivity contribution in [2.75, 3.05) is 26.3 Å². The van der Waals surface area contributed by atoms with Gasteiger partial charge in [-0.3, -0.25) is 14.4 Å². The van der Waals surface area contributed by atoms with Crippen molar-refractivity contribution >= 4 is 17.8 Å². The highest BCUT2D eigenvalue weighted by atomic mass is 16.6. The smallest absolute Gasteiger partial charge is 0.312 e. The van der Waals surface area contributed by atoms with Gasteiger partial charge in [0.15, 0.2) is 0 Å². The summed E-state index contributed by atoms with van der Waals surface area (Å²) in [6, 6.07) is -0.749. The third-order valence-electron chi connectivity index (χ3n) is 8.02. The lowest BCUT2D eigenvalue weighted by Crippen LogP contribution is -2.58. The minimum Gasteiger partial charge on any atom is -0.466 e. The van der Waals surface area contributed by atoms with E-state index in [0.29, 0.717) is 19.4 Å². The molecule has 5 atom stereocenters. The Morgan fingerprint density at radius 3 is 2.66 bits per heavy atom. The Morgan fingerprint density at radius 2 is 2.03 bits per heavy atom. The zero-order valence-corrected chi connectivity index (χ0v) is 19.3. The Hall–Kier alpha value is -1.93. The third-order valence-corrected chi connectivity index (χ3v) is 8.02. The van der Waals surface area contributed by atoms with Gasteiger partial charge in [0.2, 0.25) is 11.8 Å². The molecule has 2 unspecified atom stereocenters. The number of fused-ring (bicyclic) bond motifs is 1. The number of carbonyl (C=O) groups excluding carboxylic acids is 3. The van der Waals surface area contributed by atoms with Crippen molar-refractivity contribution in [2.45, 2.75) is 82.1 Å². The van der Waals surface area contributed by atoms with E-state index in [1.807, 2.05) is 11.8 Å². The largest absolute Gasteiger partial charge is 0.466 e. The number of ether oxygens (including phenoxy) is 2. The number of nitrogens with zero attached hydrogens (tertiary/aromatic N) is 2. The van der Waals surface area contributed by atoms with Gasteiger partial charge in [-0.1, -0.05) is 25.3 Å². The summed E-state index contributed by atoms with van der Waals surface area (Å²) in [4.78, 5) is 44.0. The second-order valence-electron chi connectivity index (χ2n) is 9.81. The molecule has 8 heteroatoms. The van der Waals surface area contributed by atoms with Crippen molar-refractivity contribution in [3.63, 3.8) is 0 Å². The van der Waals surface area contributed by atoms with Crippen molar-refractivity contribution in [2.24, 2.45) is 11.8 Å². The van der Waals surface area contributed by atoms with E-state index in [1.165, 1.54) is 11.3 Å². The van der Waals surface area contributed by atoms with Gasteiger partial charge in [0, 0.05) is 19.1 Å². The van der Waals surface area contributed by atoms with Crippen molar-refractivity contribution in [3.8, 4) is 0 Å². The number of likely N-dealkylation sites (tertiary alicyclic amines) is 1. The van der Waals surface area contributed by atoms with Crippen LogP contribution in [0.25, 0.3) is 0 Å². The van der Waals surface area contributed by atoms with Gasteiger partial charge >= 0.3 is 5.97 Å². The standard InChI is InChI=1S/C24H36N2O6/c1-4-13-25(16-9-7-6-8-10-16)21(29)19-24-12-11-23(3,32-24)18(22(30)31-5-2)17(24)20(28)26(19)14-15-27/h4,16-19,27H,1,5-15H2,2-3H3/t17-,18+,19?,23-,24?/m0/s1. The molecule has 8 nitrogen and oxygen atoms in total. The zero-order valence-electron chi connectivity index (χ0n) is 19.3. The van der Waals surface area contributed by atoms with Crippen LogP contribution in [-0.2, 0) is 23.9 Å². The highest BCUT2D eigenvalue weighted by Gasteiger charge is 2.78. The molecule has 0 aromatic carbocycles. The van der Waals surface area contributed by atoms with Crippen LogP contribution in [0.2, 0.25) is 0 Å². The minimum atomic E-state index is -1.07. The van der Waals surface area contributed by atoms with Gasteiger partial charge in [-0.05, 0) is 39.5 Å². The summed E-state index contributed by atoms with van der Waals surface area (Å²) in [5.41, 5.74) is -1.89. The van der Waals surface area contributed by atoms with Crippen molar-refractivity contribution < 1.29 is 29.0 Å². The zero-order chi connectivity index (χ0) is 23.1. The Morgan fingerprint density at radius 1 is 1.31 bits per heavy atom. The van der Waals surface area contributed by atoms with Crippen LogP contribution in [0.3, 0.4) is 0 Å². The van der Waals surface area contributed by atoms with Crippen molar-refractivity contribution in [3.05, 3.63) is 12.7 Å². The molecule has 3 saturated heterocycles. The van der Waals surface area contributed by atoms with Crippen molar-refractivity contribution in [1.82, 2.24) is 9.80 Å². The molecule has 178 valence electrons. The molecular weight excluding hydrogens is 412 g/mol. The van der Waals surface area contributed by atoms with Crippen molar-refractivity contribution in [1.29, 1.82) is 0 Å². The van der Waals surface area contributed by atoms with Crippen LogP contribution < -0.4 is 0 Å². The first kappa shape index (κ1) is 23.2. The highest BCUT2D eigenvalue weighted by Crippen LogP contribution is 2.63. The van der Waals surface area contributed by atoms with Gasteiger partial charge in [-0.25, -0.2) is 0 Å². The molecule has 0 aromatic heterocycles. The van der Waals surface area contributed by atoms with E-state index < -0.39 is 35.0 Å². The van der Waals surface area contributed by atoms with Gasteiger partial charge in [0.1, 0.15) is 17.6 Å². The second kappa shape index (κ2) is 8.78. The maximum atomic E-state index is 14.1. The molecule has 0 aromatic rings. The van der Waals surface area contributed by atoms with E-state index >= 15 is 0 Å². The van der Waals surface area contributed by atoms with E-state index in [2.05, 4.69) is 6.58 Å². The average molecular weight is 449 g/mol. The Kier molecular flexibility index (Phi) is 6.38. The van der Waals surface area contributed by atoms with Crippen LogP contribution in [0.4, 0.5) is 0 Å². The molecule has 4 fully saturated rings. The molecule has 4 rings (SSSR count). The summed E-state index contributed by atoms with van der Waals surface area (Å²) in [5.74, 6) is -2.40. The second-order valence-corrected chi connectivity index (χ2v) is 9.81. The summed E-state index contributed by atoms with van der Waals surface area (Å²) in [7, 11) is 0. The number of amides is 2. The Bertz CT molecular complexity index is 780. The first-order valence-electron chi connectivity index (χ1n) is 12.0. The fourth-order valence-electron chi connectivity index (χ4n) is 6.75. The predicted octanol–water partition coefficient (Wildman–Crippen LogP) is 1.65. The predicted molar refractivity (Wildman–Crippen MR) is 116 cm³/mol. The summed E-state index contributed by atoms with van der Waals surface area (Å²) >= 11 is 0. The maximum absolute atomic E-state index is 14.1. The van der Waals surface area contributed by atoms with Gasteiger partial charge in [-0.2, -0.15) is 0 Å². The molecule has 4 aliphatic rings. The Balaban J connectivity index is 1.73. The first-order chi connectivity index (χ1) is 15.3. The first-order valence-corrected chi connectivity index (χ1v) is 12.0. The van der Waals surface area contributed by atoms with Crippen LogP contribution >= 0.6 is 0 Å². The van der Waals surface area contributed by atoms with Crippen LogP contribution in [0.15, 0.2) is 12.7 Å². The molecule has 1 N–H and O–H groups in total. The molecular formula is C24H36N2O6. The lowest BCUT2D eigenvalue weighted by molar-refractivity contribution is -0.160. The monoisotopic (exact) mass is 448 g/mol. The number of β-amino-alcohol motifs (C(OH)–C–C–N with tert-alkyl or cyclic N) is 1. The van der Waals surface area contributed by atoms with Gasteiger partial charge in [-0.15, -0.1) is 6.58 Å². The molecule has 1 saturated carbocycles. The van der Waals surface area contributed by atoms with E-state index in [4.69, 9.17) is 9.47 Å². The fraction of sp³-hybridized carbons (Fsp3) is 0.792. The Labute approximate surface area is 189 Å². The number of esters is 1.